The van der Waals surface area contributed by atoms with E-state index in [9.17, 15) is 4.79 Å². The van der Waals surface area contributed by atoms with Crippen molar-refractivity contribution in [2.24, 2.45) is 5.92 Å². The van der Waals surface area contributed by atoms with Crippen molar-refractivity contribution >= 4 is 11.6 Å². The summed E-state index contributed by atoms with van der Waals surface area (Å²) < 4.78 is 7.25. The van der Waals surface area contributed by atoms with Crippen molar-refractivity contribution in [1.29, 1.82) is 0 Å². The first-order valence-corrected chi connectivity index (χ1v) is 10.4. The Hall–Kier alpha value is -2.80. The number of hydrogen-bond donors (Lipinski definition) is 0. The van der Waals surface area contributed by atoms with E-state index in [4.69, 9.17) is 14.8 Å². The Morgan fingerprint density at radius 3 is 2.48 bits per heavy atom. The summed E-state index contributed by atoms with van der Waals surface area (Å²) in [5.74, 6) is 1.63. The molecule has 0 saturated carbocycles. The van der Waals surface area contributed by atoms with E-state index >= 15 is 0 Å². The van der Waals surface area contributed by atoms with Gasteiger partial charge in [-0.3, -0.25) is 9.78 Å². The first-order chi connectivity index (χ1) is 14.3. The molecule has 5 rings (SSSR count). The summed E-state index contributed by atoms with van der Waals surface area (Å²) in [6.07, 6.45) is 9.15. The Morgan fingerprint density at radius 1 is 0.966 bits per heavy atom. The molecule has 0 bridgehead atoms. The molecule has 2 fully saturated rings. The minimum absolute atomic E-state index is 0.139. The van der Waals surface area contributed by atoms with Crippen LogP contribution in [-0.4, -0.2) is 56.7 Å². The highest BCUT2D eigenvalue weighted by Crippen LogP contribution is 2.29. The van der Waals surface area contributed by atoms with E-state index in [1.54, 1.807) is 12.4 Å². The maximum Gasteiger partial charge on any atom is 0.225 e. The lowest BCUT2D eigenvalue weighted by Crippen LogP contribution is -2.42. The van der Waals surface area contributed by atoms with Crippen LogP contribution >= 0.6 is 0 Å². The maximum absolute atomic E-state index is 12.7. The van der Waals surface area contributed by atoms with Crippen molar-refractivity contribution in [2.45, 2.75) is 31.6 Å². The third-order valence-corrected chi connectivity index (χ3v) is 6.10. The summed E-state index contributed by atoms with van der Waals surface area (Å²) in [5, 5.41) is 4.75. The Bertz CT molecular complexity index is 989. The van der Waals surface area contributed by atoms with Crippen LogP contribution in [0.15, 0.2) is 42.9 Å². The van der Waals surface area contributed by atoms with Crippen LogP contribution in [0.2, 0.25) is 0 Å². The number of nitrogens with zero attached hydrogens (tertiary/aromatic N) is 5. The number of carbonyl (C=O) groups excluding carboxylic acids is 1. The first kappa shape index (κ1) is 18.2. The lowest BCUT2D eigenvalue weighted by atomic mass is 9.93. The van der Waals surface area contributed by atoms with Gasteiger partial charge in [-0.25, -0.2) is 9.50 Å². The first-order valence-electron chi connectivity index (χ1n) is 10.4. The molecule has 0 spiro atoms. The Kier molecular flexibility index (Phi) is 4.97. The van der Waals surface area contributed by atoms with Gasteiger partial charge in [-0.2, -0.15) is 5.10 Å². The molecule has 0 aliphatic carbocycles. The van der Waals surface area contributed by atoms with Crippen molar-refractivity contribution in [3.63, 3.8) is 0 Å². The summed E-state index contributed by atoms with van der Waals surface area (Å²) >= 11 is 0. The molecule has 0 N–H and O–H groups in total. The van der Waals surface area contributed by atoms with Gasteiger partial charge in [-0.1, -0.05) is 0 Å². The molecule has 3 aromatic heterocycles. The van der Waals surface area contributed by atoms with E-state index in [-0.39, 0.29) is 5.92 Å². The molecule has 7 heteroatoms. The van der Waals surface area contributed by atoms with Crippen LogP contribution < -0.4 is 0 Å². The monoisotopic (exact) mass is 391 g/mol. The highest BCUT2D eigenvalue weighted by Gasteiger charge is 2.31. The topological polar surface area (TPSA) is 72.6 Å². The number of ether oxygens (including phenoxy) is 1. The van der Waals surface area contributed by atoms with Gasteiger partial charge in [0, 0.05) is 62.3 Å². The number of carbonyl (C=O) groups is 1. The highest BCUT2D eigenvalue weighted by atomic mass is 16.5. The summed E-state index contributed by atoms with van der Waals surface area (Å²) in [4.78, 5) is 23.6. The summed E-state index contributed by atoms with van der Waals surface area (Å²) in [7, 11) is 0. The zero-order valence-electron chi connectivity index (χ0n) is 16.4. The molecular formula is C22H25N5O2. The molecule has 0 unspecified atom stereocenters. The van der Waals surface area contributed by atoms with Gasteiger partial charge in [-0.05, 0) is 55.5 Å². The fourth-order valence-corrected chi connectivity index (χ4v) is 4.35. The molecule has 29 heavy (non-hydrogen) atoms. The predicted octanol–water partition coefficient (Wildman–Crippen LogP) is 2.92. The Labute approximate surface area is 169 Å². The number of pyridine rings is 2. The standard InChI is InChI=1S/C22H25N5O2/c28-22(18-7-13-29-14-8-18)26-11-5-17(6-12-26)21-24-20-2-1-19(15-27(20)25-21)16-3-9-23-10-4-16/h1-4,9-10,15,17-18H,5-8,11-14H2. The van der Waals surface area contributed by atoms with Crippen LogP contribution in [0.3, 0.4) is 0 Å². The minimum atomic E-state index is 0.139. The fraction of sp³-hybridized carbons (Fsp3) is 0.455. The van der Waals surface area contributed by atoms with Crippen molar-refractivity contribution < 1.29 is 9.53 Å². The SMILES string of the molecule is O=C(C1CCOCC1)N1CCC(c2nc3ccc(-c4ccncc4)cn3n2)CC1. The molecule has 2 aliphatic heterocycles. The molecule has 2 saturated heterocycles. The molecule has 3 aromatic rings. The van der Waals surface area contributed by atoms with Gasteiger partial charge in [-0.15, -0.1) is 0 Å². The third-order valence-electron chi connectivity index (χ3n) is 6.10. The number of amides is 1. The normalized spacial score (nSPS) is 19.0. The number of piperidine rings is 1. The van der Waals surface area contributed by atoms with Crippen molar-refractivity contribution in [1.82, 2.24) is 24.5 Å². The molecule has 2 aliphatic rings. The van der Waals surface area contributed by atoms with Crippen LogP contribution in [0.4, 0.5) is 0 Å². The zero-order valence-corrected chi connectivity index (χ0v) is 16.4. The molecule has 0 radical (unpaired) electrons. The van der Waals surface area contributed by atoms with E-state index in [0.717, 1.165) is 61.4 Å². The largest absolute Gasteiger partial charge is 0.381 e. The third kappa shape index (κ3) is 3.74. The van der Waals surface area contributed by atoms with E-state index in [2.05, 4.69) is 11.1 Å². The van der Waals surface area contributed by atoms with Crippen molar-refractivity contribution in [3.8, 4) is 11.1 Å². The molecule has 7 nitrogen and oxygen atoms in total. The number of hydrogen-bond acceptors (Lipinski definition) is 5. The fourth-order valence-electron chi connectivity index (χ4n) is 4.35. The second-order valence-corrected chi connectivity index (χ2v) is 7.91. The number of fused-ring (bicyclic) bond motifs is 1. The summed E-state index contributed by atoms with van der Waals surface area (Å²) in [6, 6.07) is 8.06. The zero-order chi connectivity index (χ0) is 19.6. The molecule has 0 atom stereocenters. The number of aromatic nitrogens is 4. The molecule has 5 heterocycles. The second kappa shape index (κ2) is 7.91. The number of rotatable bonds is 3. The lowest BCUT2D eigenvalue weighted by Gasteiger charge is -2.34. The van der Waals surface area contributed by atoms with E-state index in [0.29, 0.717) is 25.0 Å². The van der Waals surface area contributed by atoms with Crippen molar-refractivity contribution in [2.75, 3.05) is 26.3 Å². The van der Waals surface area contributed by atoms with E-state index in [1.165, 1.54) is 0 Å². The average molecular weight is 391 g/mol. The van der Waals surface area contributed by atoms with Gasteiger partial charge in [0.05, 0.1) is 0 Å². The average Bonchev–Trinajstić information content (AvgIpc) is 3.23. The quantitative estimate of drug-likeness (QED) is 0.686. The Balaban J connectivity index is 1.27. The summed E-state index contributed by atoms with van der Waals surface area (Å²) in [6.45, 7) is 3.00. The van der Waals surface area contributed by atoms with Gasteiger partial charge >= 0.3 is 0 Å². The molecular weight excluding hydrogens is 366 g/mol. The maximum atomic E-state index is 12.7. The second-order valence-electron chi connectivity index (χ2n) is 7.91. The van der Waals surface area contributed by atoms with Gasteiger partial charge in [0.25, 0.3) is 0 Å². The smallest absolute Gasteiger partial charge is 0.225 e. The van der Waals surface area contributed by atoms with E-state index < -0.39 is 0 Å². The van der Waals surface area contributed by atoms with Crippen LogP contribution in [0.1, 0.15) is 37.4 Å². The number of likely N-dealkylation sites (tertiary alicyclic amines) is 1. The molecule has 1 amide bonds. The van der Waals surface area contributed by atoms with Gasteiger partial charge < -0.3 is 9.64 Å². The van der Waals surface area contributed by atoms with Crippen LogP contribution in [0, 0.1) is 5.92 Å². The predicted molar refractivity (Wildman–Crippen MR) is 108 cm³/mol. The molecule has 150 valence electrons. The van der Waals surface area contributed by atoms with Crippen LogP contribution in [0.5, 0.6) is 0 Å². The minimum Gasteiger partial charge on any atom is -0.381 e. The lowest BCUT2D eigenvalue weighted by molar-refractivity contribution is -0.139. The van der Waals surface area contributed by atoms with Gasteiger partial charge in [0.15, 0.2) is 11.5 Å². The van der Waals surface area contributed by atoms with Crippen LogP contribution in [-0.2, 0) is 9.53 Å². The summed E-state index contributed by atoms with van der Waals surface area (Å²) in [5.41, 5.74) is 3.06. The molecule has 0 aromatic carbocycles. The Morgan fingerprint density at radius 2 is 1.72 bits per heavy atom. The van der Waals surface area contributed by atoms with Gasteiger partial charge in [0.2, 0.25) is 5.91 Å². The van der Waals surface area contributed by atoms with E-state index in [1.807, 2.05) is 33.8 Å². The van der Waals surface area contributed by atoms with Gasteiger partial charge in [0.1, 0.15) is 0 Å². The highest BCUT2D eigenvalue weighted by molar-refractivity contribution is 5.79. The van der Waals surface area contributed by atoms with Crippen LogP contribution in [0.25, 0.3) is 16.8 Å². The van der Waals surface area contributed by atoms with Crippen molar-refractivity contribution in [3.05, 3.63) is 48.7 Å².